The number of amides is 18. The van der Waals surface area contributed by atoms with E-state index in [9.17, 15) is 107 Å². The molecule has 1 aliphatic rings. The van der Waals surface area contributed by atoms with Crippen LogP contribution in [0.1, 0.15) is 159 Å². The van der Waals surface area contributed by atoms with E-state index < -0.39 is 265 Å². The van der Waals surface area contributed by atoms with E-state index in [1.165, 1.54) is 43.7 Å². The Morgan fingerprint density at radius 1 is 0.483 bits per heavy atom. The number of hydrogen-bond acceptors (Lipinski definition) is 29. The summed E-state index contributed by atoms with van der Waals surface area (Å²) in [4.78, 5) is 289. The van der Waals surface area contributed by atoms with E-state index >= 15 is 9.59 Å². The number of unbranched alkanes of at least 4 members (excludes halogenated alkanes) is 2. The van der Waals surface area contributed by atoms with Gasteiger partial charge in [0.05, 0.1) is 25.0 Å². The SMILES string of the molecule is CC[C@H](C)[C@H](NC(=O)[C@H](CS)NC(=O)[C@H](Cc1ccc(O)cc1)NC(=O)[C@H](CCCCN)NC(=O)[C@H](Cc1c[nH]c2ccccc12)NC(=O)[C@H](Cc1ccccc1)NC(=O)[C@H](CS)NC(=O)[C@H](CCC(=O)O)NC(=O)[C@@H]1CCCN1C(=O)[C@H](C)NC(=O)[C@@H](NC(=O)CNC(=O)[C@H](Cc1cnc[nH]1)NC(=O)[C@H](CCC(N)=O)NC(=O)[C@H](CCCCN)NC(=O)[C@H](CCCNC(=N)N)NC(=O)[C@@H](N)CCC(N)=O)[C@@H](C)O)C(=O)O. The minimum absolute atomic E-state index is 0.0529. The molecular weight excluding hydrogens is 1960 g/mol. The van der Waals surface area contributed by atoms with Crippen LogP contribution < -0.4 is 119 Å². The lowest BCUT2D eigenvalue weighted by atomic mass is 9.99. The number of hydrogen-bond donors (Lipinski definition) is 31. The number of likely N-dealkylation sites (tertiary alicyclic amines) is 1. The van der Waals surface area contributed by atoms with Crippen LogP contribution in [0, 0.1) is 11.3 Å². The first-order valence-corrected chi connectivity index (χ1v) is 49.5. The van der Waals surface area contributed by atoms with Gasteiger partial charge < -0.3 is 155 Å². The van der Waals surface area contributed by atoms with Crippen LogP contribution >= 0.6 is 25.3 Å². The molecule has 51 nitrogen and oxygen atoms in total. The molecule has 0 unspecified atom stereocenters. The van der Waals surface area contributed by atoms with Crippen molar-refractivity contribution in [3.63, 3.8) is 0 Å². The summed E-state index contributed by atoms with van der Waals surface area (Å²) >= 11 is 8.65. The molecule has 1 aliphatic heterocycles. The van der Waals surface area contributed by atoms with Crippen molar-refractivity contribution in [2.24, 2.45) is 40.3 Å². The van der Waals surface area contributed by atoms with Crippen molar-refractivity contribution >= 4 is 160 Å². The molecule has 3 aromatic carbocycles. The zero-order chi connectivity index (χ0) is 109. The van der Waals surface area contributed by atoms with E-state index in [4.69, 9.17) is 39.8 Å². The first kappa shape index (κ1) is 121. The number of aromatic nitrogens is 3. The molecule has 5 aromatic rings. The fourth-order valence-corrected chi connectivity index (χ4v) is 16.2. The van der Waals surface area contributed by atoms with Gasteiger partial charge in [-0.15, -0.1) is 0 Å². The fraction of sp³-hybridized carbons (Fsp3) is 0.532. The molecule has 0 radical (unpaired) electrons. The molecule has 1 fully saturated rings. The number of rotatable bonds is 66. The Morgan fingerprint density at radius 2 is 0.939 bits per heavy atom. The van der Waals surface area contributed by atoms with E-state index in [-0.39, 0.29) is 139 Å². The number of benzene rings is 3. The molecule has 35 N–H and O–H groups in total. The maximum absolute atomic E-state index is 15.3. The van der Waals surface area contributed by atoms with Crippen molar-refractivity contribution in [1.29, 1.82) is 5.41 Å². The normalized spacial score (nSPS) is 15.7. The van der Waals surface area contributed by atoms with E-state index in [1.54, 1.807) is 74.6 Å². The highest BCUT2D eigenvalue weighted by Gasteiger charge is 2.43. The van der Waals surface area contributed by atoms with Crippen molar-refractivity contribution in [2.75, 3.05) is 44.2 Å². The molecule has 0 spiro atoms. The quantitative estimate of drug-likeness (QED) is 0.00745. The van der Waals surface area contributed by atoms with E-state index in [0.29, 0.717) is 46.9 Å². The number of phenols is 1. The van der Waals surface area contributed by atoms with Gasteiger partial charge in [0, 0.05) is 98.5 Å². The Balaban J connectivity index is 1.16. The lowest BCUT2D eigenvalue weighted by molar-refractivity contribution is -0.144. The number of nitrogens with one attached hydrogen (secondary N) is 19. The smallest absolute Gasteiger partial charge is 0.326 e. The maximum Gasteiger partial charge on any atom is 0.326 e. The van der Waals surface area contributed by atoms with Crippen molar-refractivity contribution in [3.8, 4) is 5.75 Å². The van der Waals surface area contributed by atoms with Crippen LogP contribution in [0.2, 0.25) is 0 Å². The molecule has 147 heavy (non-hydrogen) atoms. The molecule has 53 heteroatoms. The van der Waals surface area contributed by atoms with Gasteiger partial charge in [-0.25, -0.2) is 9.78 Å². The summed E-state index contributed by atoms with van der Waals surface area (Å²) in [6.07, 6.45) is -0.109. The van der Waals surface area contributed by atoms with Gasteiger partial charge in [0.1, 0.15) is 96.4 Å². The van der Waals surface area contributed by atoms with Gasteiger partial charge in [-0.05, 0) is 151 Å². The number of carbonyl (C=O) groups is 20. The number of aliphatic hydroxyl groups is 1. The number of fused-ring (bicyclic) bond motifs is 1. The molecule has 18 atom stereocenters. The average Bonchev–Trinajstić information content (AvgIpc) is 1.70. The summed E-state index contributed by atoms with van der Waals surface area (Å²) in [6.45, 7) is 4.97. The van der Waals surface area contributed by atoms with Gasteiger partial charge in [-0.3, -0.25) is 96.5 Å². The van der Waals surface area contributed by atoms with E-state index in [1.807, 2.05) is 0 Å². The zero-order valence-corrected chi connectivity index (χ0v) is 83.9. The van der Waals surface area contributed by atoms with Gasteiger partial charge in [-0.2, -0.15) is 25.3 Å². The second-order valence-corrected chi connectivity index (χ2v) is 36.4. The number of guanidine groups is 1. The van der Waals surface area contributed by atoms with Gasteiger partial charge >= 0.3 is 11.9 Å². The number of aliphatic carboxylic acids is 2. The number of carboxylic acid groups (broad SMARTS) is 2. The van der Waals surface area contributed by atoms with Gasteiger partial charge in [-0.1, -0.05) is 80.9 Å². The fourth-order valence-electron chi connectivity index (χ4n) is 15.7. The second kappa shape index (κ2) is 62.3. The number of aromatic amines is 2. The number of aliphatic hydroxyl groups excluding tert-OH is 1. The lowest BCUT2D eigenvalue weighted by Crippen LogP contribution is -2.61. The van der Waals surface area contributed by atoms with E-state index in [2.05, 4.69) is 125 Å². The first-order valence-electron chi connectivity index (χ1n) is 48.2. The van der Waals surface area contributed by atoms with Crippen LogP contribution in [-0.2, 0) is 122 Å². The summed E-state index contributed by atoms with van der Waals surface area (Å²) in [5, 5.41) is 89.6. The summed E-state index contributed by atoms with van der Waals surface area (Å²) in [5.74, 6) is -22.2. The number of aromatic hydroxyl groups is 1. The Hall–Kier alpha value is -14.6. The third-order valence-electron chi connectivity index (χ3n) is 24.2. The molecule has 18 amide bonds. The monoisotopic (exact) mass is 2090 g/mol. The van der Waals surface area contributed by atoms with Crippen molar-refractivity contribution in [2.45, 2.75) is 265 Å². The molecule has 6 rings (SSSR count). The number of para-hydroxylation sites is 1. The van der Waals surface area contributed by atoms with Crippen molar-refractivity contribution in [1.82, 2.24) is 105 Å². The molecule has 3 heterocycles. The minimum atomic E-state index is -1.87. The van der Waals surface area contributed by atoms with Crippen molar-refractivity contribution < 1.29 is 116 Å². The van der Waals surface area contributed by atoms with Crippen LogP contribution in [0.5, 0.6) is 5.75 Å². The molecule has 0 bridgehead atoms. The van der Waals surface area contributed by atoms with Crippen LogP contribution in [0.25, 0.3) is 10.9 Å². The average molecular weight is 2100 g/mol. The third-order valence-corrected chi connectivity index (χ3v) is 24.9. The predicted molar refractivity (Wildman–Crippen MR) is 540 cm³/mol. The second-order valence-electron chi connectivity index (χ2n) is 35.7. The number of carbonyl (C=O) groups excluding carboxylic acids is 18. The lowest BCUT2D eigenvalue weighted by Gasteiger charge is -2.30. The van der Waals surface area contributed by atoms with Gasteiger partial charge in [0.25, 0.3) is 0 Å². The third kappa shape index (κ3) is 41.1. The van der Waals surface area contributed by atoms with Gasteiger partial charge in [0.2, 0.25) is 106 Å². The molecular formula is C94H139N27O24S2. The number of nitrogens with zero attached hydrogens (tertiary/aromatic N) is 2. The van der Waals surface area contributed by atoms with Gasteiger partial charge in [0.15, 0.2) is 5.96 Å². The molecule has 0 aliphatic carbocycles. The topological polar surface area (TPSA) is 842 Å². The number of primary amides is 2. The highest BCUT2D eigenvalue weighted by Crippen LogP contribution is 2.24. The Morgan fingerprint density at radius 3 is 1.44 bits per heavy atom. The predicted octanol–water partition coefficient (Wildman–Crippen LogP) is -6.60. The molecule has 806 valence electrons. The Kier molecular flexibility index (Phi) is 51.3. The maximum atomic E-state index is 15.3. The highest BCUT2D eigenvalue weighted by atomic mass is 32.1. The first-order chi connectivity index (χ1) is 69.9. The standard InChI is InChI=1S/C94H139N27O24S2/c1-5-49(2)76(93(144)145)120-89(140)70(47-147)118-86(137)66(40-53-25-27-56(123)28-26-53)113-82(133)61(22-12-14-36-96)110-87(138)67(41-54-43-104-59-20-10-9-19-57(54)59)115-85(136)65(39-52-17-7-6-8-18-52)114-88(139)69(46-146)117-84(135)64(31-34-75(127)128)112-90(141)71-24-16-38-121(71)92(143)50(3)107-91(142)77(51(4)122)119-74(126)45-105-79(130)68(42-55-44-102-48-106-55)116-83(134)63(30-33-73(99)125)111-80(131)60(21-11-13-35-95)109-81(132)62(23-15-37-103-94(100)101)108-78(129)58(97)29-32-72(98)124/h6-10,17-20,25-28,43-44,48-51,58,60-71,76-77,104,122-123,146-147H,5,11-16,21-24,29-42,45-47,95-97H2,1-4H3,(H2,98,124)(H2,99,125)(H,102,106)(H,105,130)(H,107,142)(H,108,129)(H,109,132)(H,110,138)(H,111,131)(H,112,141)(H,113,133)(H,114,139)(H,115,136)(H,116,134)(H,117,135)(H,118,137)(H,119,126)(H,120,140)(H,127,128)(H,144,145)(H4,100,101,103)/t49-,50-,51+,58-,60-,61-,62-,63-,64-,65-,66-,67-,68-,69-,70-,71-,76-,77-/m0/s1. The minimum Gasteiger partial charge on any atom is -0.508 e. The number of imidazole rings is 1. The van der Waals surface area contributed by atoms with Crippen LogP contribution in [0.4, 0.5) is 0 Å². The summed E-state index contributed by atoms with van der Waals surface area (Å²) in [6, 6.07) is -3.81. The zero-order valence-electron chi connectivity index (χ0n) is 82.1. The molecule has 0 saturated carbocycles. The summed E-state index contributed by atoms with van der Waals surface area (Å²) in [5.41, 5.74) is 36.1. The van der Waals surface area contributed by atoms with Crippen molar-refractivity contribution in [3.05, 3.63) is 120 Å². The number of phenolic OH excluding ortho intramolecular Hbond substituents is 1. The van der Waals surface area contributed by atoms with E-state index in [0.717, 1.165) is 11.8 Å². The molecule has 2 aromatic heterocycles. The van der Waals surface area contributed by atoms with Crippen LogP contribution in [0.15, 0.2) is 97.6 Å². The Bertz CT molecular complexity index is 5320. The number of H-pyrrole nitrogens is 2. The Labute approximate surface area is 858 Å². The number of thiol groups is 2. The summed E-state index contributed by atoms with van der Waals surface area (Å²) < 4.78 is 0. The highest BCUT2D eigenvalue weighted by molar-refractivity contribution is 7.80. The molecule has 1 saturated heterocycles. The number of nitrogens with two attached hydrogens (primary N) is 6. The largest absolute Gasteiger partial charge is 0.508 e. The number of carboxylic acids is 2. The van der Waals surface area contributed by atoms with Crippen LogP contribution in [-0.4, -0.2) is 312 Å². The van der Waals surface area contributed by atoms with Crippen LogP contribution in [0.3, 0.4) is 0 Å². The summed E-state index contributed by atoms with van der Waals surface area (Å²) in [7, 11) is 0.